The number of hydrogen-bond donors (Lipinski definition) is 0. The van der Waals surface area contributed by atoms with Crippen molar-refractivity contribution >= 4 is 11.8 Å². The van der Waals surface area contributed by atoms with Crippen molar-refractivity contribution in [3.05, 3.63) is 12.2 Å². The normalized spacial score (nSPS) is 40.7. The van der Waals surface area contributed by atoms with Gasteiger partial charge in [-0.3, -0.25) is 0 Å². The summed E-state index contributed by atoms with van der Waals surface area (Å²) in [5.74, 6) is 0.765. The molecule has 2 saturated carbocycles. The number of nitrogens with zero attached hydrogens (tertiary/aromatic N) is 1. The smallest absolute Gasteiger partial charge is 0.134 e. The summed E-state index contributed by atoms with van der Waals surface area (Å²) in [6, 6.07) is 0. The first-order chi connectivity index (χ1) is 6.04. The van der Waals surface area contributed by atoms with E-state index in [-0.39, 0.29) is 10.2 Å². The molecule has 2 aliphatic rings. The highest BCUT2D eigenvalue weighted by Crippen LogP contribution is 2.67. The molecule has 0 amide bonds. The Morgan fingerprint density at radius 2 is 2.31 bits per heavy atom. The molecule has 2 atom stereocenters. The molecular weight excluding hydrogens is 178 g/mol. The van der Waals surface area contributed by atoms with Gasteiger partial charge in [0.2, 0.25) is 0 Å². The zero-order valence-electron chi connectivity index (χ0n) is 8.26. The lowest BCUT2D eigenvalue weighted by Crippen LogP contribution is -2.34. The minimum atomic E-state index is 0.0758. The van der Waals surface area contributed by atoms with Gasteiger partial charge in [-0.25, -0.2) is 0 Å². The van der Waals surface area contributed by atoms with Gasteiger partial charge in [0.15, 0.2) is 0 Å². The van der Waals surface area contributed by atoms with E-state index in [1.165, 1.54) is 23.8 Å². The van der Waals surface area contributed by atoms with Crippen molar-refractivity contribution in [2.75, 3.05) is 0 Å². The van der Waals surface area contributed by atoms with Gasteiger partial charge in [0.1, 0.15) is 5.40 Å². The van der Waals surface area contributed by atoms with Crippen molar-refractivity contribution in [1.82, 2.24) is 0 Å². The van der Waals surface area contributed by atoms with Crippen LogP contribution in [0.1, 0.15) is 33.1 Å². The number of fused-ring (bicyclic) bond motifs is 2. The largest absolute Gasteiger partial charge is 0.185 e. The van der Waals surface area contributed by atoms with Gasteiger partial charge < -0.3 is 0 Å². The van der Waals surface area contributed by atoms with Crippen molar-refractivity contribution in [3.63, 3.8) is 0 Å². The number of rotatable bonds is 1. The van der Waals surface area contributed by atoms with E-state index in [2.05, 4.69) is 25.8 Å². The Balaban J connectivity index is 2.44. The molecule has 0 radical (unpaired) electrons. The third-order valence-electron chi connectivity index (χ3n) is 4.19. The van der Waals surface area contributed by atoms with Crippen LogP contribution in [0.2, 0.25) is 0 Å². The molecule has 13 heavy (non-hydrogen) atoms. The molecule has 2 bridgehead atoms. The summed E-state index contributed by atoms with van der Waals surface area (Å²) in [6.45, 7) is 8.75. The first-order valence-corrected chi connectivity index (χ1v) is 5.61. The van der Waals surface area contributed by atoms with Gasteiger partial charge in [0.25, 0.3) is 0 Å². The second-order valence-corrected chi connectivity index (χ2v) is 5.87. The molecule has 1 unspecified atom stereocenters. The van der Waals surface area contributed by atoms with Crippen molar-refractivity contribution in [2.24, 2.45) is 11.3 Å². The number of nitriles is 1. The topological polar surface area (TPSA) is 23.8 Å². The average molecular weight is 193 g/mol. The maximum Gasteiger partial charge on any atom is 0.134 e. The molecule has 0 spiro atoms. The molecule has 0 aromatic rings. The Morgan fingerprint density at radius 1 is 1.62 bits per heavy atom. The molecule has 0 saturated heterocycles. The monoisotopic (exact) mass is 193 g/mol. The highest BCUT2D eigenvalue weighted by Gasteiger charge is 2.61. The lowest BCUT2D eigenvalue weighted by atomic mass is 9.81. The zero-order valence-corrected chi connectivity index (χ0v) is 9.08. The lowest BCUT2D eigenvalue weighted by molar-refractivity contribution is 0.286. The van der Waals surface area contributed by atoms with Crippen LogP contribution in [0.5, 0.6) is 0 Å². The summed E-state index contributed by atoms with van der Waals surface area (Å²) >= 11 is 1.45. The van der Waals surface area contributed by atoms with Gasteiger partial charge in [-0.05, 0) is 42.4 Å². The van der Waals surface area contributed by atoms with E-state index in [0.717, 1.165) is 18.8 Å². The van der Waals surface area contributed by atoms with Crippen LogP contribution in [0, 0.1) is 22.0 Å². The van der Waals surface area contributed by atoms with Crippen molar-refractivity contribution < 1.29 is 0 Å². The van der Waals surface area contributed by atoms with Crippen molar-refractivity contribution in [3.8, 4) is 5.40 Å². The second kappa shape index (κ2) is 2.54. The molecule has 2 fully saturated rings. The van der Waals surface area contributed by atoms with Crippen LogP contribution in [-0.2, 0) is 0 Å². The van der Waals surface area contributed by atoms with Gasteiger partial charge in [0, 0.05) is 0 Å². The van der Waals surface area contributed by atoms with Crippen LogP contribution in [0.15, 0.2) is 12.2 Å². The Morgan fingerprint density at radius 3 is 2.69 bits per heavy atom. The maximum atomic E-state index is 8.86. The van der Waals surface area contributed by atoms with Gasteiger partial charge in [-0.15, -0.1) is 0 Å². The third-order valence-corrected chi connectivity index (χ3v) is 5.65. The first-order valence-electron chi connectivity index (χ1n) is 4.80. The lowest BCUT2D eigenvalue weighted by Gasteiger charge is -2.35. The van der Waals surface area contributed by atoms with E-state index in [4.69, 9.17) is 5.26 Å². The summed E-state index contributed by atoms with van der Waals surface area (Å²) in [4.78, 5) is 0. The van der Waals surface area contributed by atoms with Crippen LogP contribution in [0.4, 0.5) is 0 Å². The number of thioether (sulfide) groups is 1. The minimum Gasteiger partial charge on any atom is -0.185 e. The predicted octanol–water partition coefficient (Wildman–Crippen LogP) is 3.34. The third kappa shape index (κ3) is 0.889. The van der Waals surface area contributed by atoms with E-state index in [9.17, 15) is 0 Å². The van der Waals surface area contributed by atoms with Crippen LogP contribution in [0.3, 0.4) is 0 Å². The van der Waals surface area contributed by atoms with Gasteiger partial charge >= 0.3 is 0 Å². The maximum absolute atomic E-state index is 8.86. The van der Waals surface area contributed by atoms with E-state index in [0.29, 0.717) is 0 Å². The molecule has 1 nitrogen and oxygen atoms in total. The SMILES string of the molecule is C=C1C[C@@H]2CCC1(SC#N)C2(C)C. The highest BCUT2D eigenvalue weighted by molar-refractivity contribution is 8.05. The average Bonchev–Trinajstić information content (AvgIpc) is 2.38. The van der Waals surface area contributed by atoms with Crippen LogP contribution < -0.4 is 0 Å². The number of hydrogen-bond acceptors (Lipinski definition) is 2. The Labute approximate surface area is 84.2 Å². The molecule has 0 heterocycles. The van der Waals surface area contributed by atoms with Gasteiger partial charge in [-0.1, -0.05) is 26.0 Å². The van der Waals surface area contributed by atoms with Gasteiger partial charge in [0.05, 0.1) is 4.75 Å². The van der Waals surface area contributed by atoms with Crippen molar-refractivity contribution in [1.29, 1.82) is 5.26 Å². The van der Waals surface area contributed by atoms with Gasteiger partial charge in [-0.2, -0.15) is 5.26 Å². The summed E-state index contributed by atoms with van der Waals surface area (Å²) < 4.78 is 0.0758. The molecule has 0 N–H and O–H groups in total. The van der Waals surface area contributed by atoms with E-state index in [1.807, 2.05) is 0 Å². The minimum absolute atomic E-state index is 0.0758. The molecule has 2 rings (SSSR count). The fourth-order valence-electron chi connectivity index (χ4n) is 3.17. The number of thiocyanates is 1. The molecule has 0 aromatic heterocycles. The first kappa shape index (κ1) is 9.15. The van der Waals surface area contributed by atoms with E-state index < -0.39 is 0 Å². The summed E-state index contributed by atoms with van der Waals surface area (Å²) in [5.41, 5.74) is 1.59. The fourth-order valence-corrected chi connectivity index (χ4v) is 4.21. The zero-order chi connectivity index (χ0) is 9.69. The highest BCUT2D eigenvalue weighted by atomic mass is 32.2. The van der Waals surface area contributed by atoms with E-state index in [1.54, 1.807) is 0 Å². The molecule has 70 valence electrons. The van der Waals surface area contributed by atoms with Crippen LogP contribution in [-0.4, -0.2) is 4.75 Å². The predicted molar refractivity (Wildman–Crippen MR) is 56.2 cm³/mol. The van der Waals surface area contributed by atoms with Crippen molar-refractivity contribution in [2.45, 2.75) is 37.9 Å². The molecular formula is C11H15NS. The molecule has 2 heteroatoms. The quantitative estimate of drug-likeness (QED) is 0.471. The van der Waals surface area contributed by atoms with Crippen LogP contribution >= 0.6 is 11.8 Å². The Hall–Kier alpha value is -0.420. The van der Waals surface area contributed by atoms with Crippen LogP contribution in [0.25, 0.3) is 0 Å². The standard InChI is InChI=1S/C11H15NS/c1-8-6-9-4-5-11(8,13-7-12)10(9,2)3/h9H,1,4-6H2,2-3H3/t9-,11?/m0/s1. The Kier molecular flexibility index (Phi) is 1.79. The van der Waals surface area contributed by atoms with E-state index >= 15 is 0 Å². The molecule has 2 aliphatic carbocycles. The second-order valence-electron chi connectivity index (χ2n) is 4.79. The fraction of sp³-hybridized carbons (Fsp3) is 0.727. The summed E-state index contributed by atoms with van der Waals surface area (Å²) in [6.07, 6.45) is 3.57. The summed E-state index contributed by atoms with van der Waals surface area (Å²) in [5, 5.41) is 11.1. The molecule has 0 aliphatic heterocycles. The Bertz CT molecular complexity index is 300. The molecule has 0 aromatic carbocycles. The summed E-state index contributed by atoms with van der Waals surface area (Å²) in [7, 11) is 0.